The van der Waals surface area contributed by atoms with Crippen molar-refractivity contribution in [2.24, 2.45) is 0 Å². The van der Waals surface area contributed by atoms with Crippen LogP contribution in [0.25, 0.3) is 0 Å². The van der Waals surface area contributed by atoms with Crippen LogP contribution < -0.4 is 20.7 Å². The second-order valence-electron chi connectivity index (χ2n) is 7.70. The van der Waals surface area contributed by atoms with Gasteiger partial charge in [-0.25, -0.2) is 14.8 Å². The Hall–Kier alpha value is -3.90. The van der Waals surface area contributed by atoms with E-state index >= 15 is 0 Å². The summed E-state index contributed by atoms with van der Waals surface area (Å²) in [6.45, 7) is 1.10. The van der Waals surface area contributed by atoms with Crippen LogP contribution >= 0.6 is 11.6 Å². The van der Waals surface area contributed by atoms with Crippen molar-refractivity contribution in [2.75, 3.05) is 37.8 Å². The Balaban J connectivity index is 1.63. The van der Waals surface area contributed by atoms with Crippen molar-refractivity contribution in [1.29, 1.82) is 0 Å². The highest BCUT2D eigenvalue weighted by molar-refractivity contribution is 6.31. The summed E-state index contributed by atoms with van der Waals surface area (Å²) < 4.78 is 44.8. The molecule has 0 spiro atoms. The van der Waals surface area contributed by atoms with E-state index in [0.29, 0.717) is 18.8 Å². The highest BCUT2D eigenvalue weighted by Crippen LogP contribution is 2.36. The van der Waals surface area contributed by atoms with Gasteiger partial charge in [-0.3, -0.25) is 4.79 Å². The van der Waals surface area contributed by atoms with Gasteiger partial charge in [-0.15, -0.1) is 0 Å². The second-order valence-corrected chi connectivity index (χ2v) is 8.11. The first kappa shape index (κ1) is 26.7. The first-order valence-corrected chi connectivity index (χ1v) is 10.9. The maximum Gasteiger partial charge on any atom is 0.417 e. The fraction of sp³-hybridized carbons (Fsp3) is 0.217. The van der Waals surface area contributed by atoms with E-state index in [1.165, 1.54) is 24.5 Å². The molecule has 3 N–H and O–H groups in total. The van der Waals surface area contributed by atoms with Crippen molar-refractivity contribution in [2.45, 2.75) is 6.18 Å². The van der Waals surface area contributed by atoms with E-state index in [1.807, 2.05) is 19.0 Å². The van der Waals surface area contributed by atoms with Crippen LogP contribution in [-0.2, 0) is 6.18 Å². The summed E-state index contributed by atoms with van der Waals surface area (Å²) in [7, 11) is 3.77. The molecule has 0 radical (unpaired) electrons. The van der Waals surface area contributed by atoms with Crippen molar-refractivity contribution in [1.82, 2.24) is 20.2 Å². The Morgan fingerprint density at radius 3 is 2.44 bits per heavy atom. The van der Waals surface area contributed by atoms with Gasteiger partial charge in [0.25, 0.3) is 5.91 Å². The Morgan fingerprint density at radius 1 is 1.03 bits per heavy atom. The molecule has 3 rings (SSSR count). The molecule has 0 aliphatic heterocycles. The fourth-order valence-electron chi connectivity index (χ4n) is 2.87. The van der Waals surface area contributed by atoms with E-state index < -0.39 is 22.8 Å². The molecule has 0 saturated heterocycles. The molecule has 2 aromatic carbocycles. The zero-order chi connectivity index (χ0) is 26.3. The van der Waals surface area contributed by atoms with E-state index in [4.69, 9.17) is 16.3 Å². The molecule has 0 bridgehead atoms. The van der Waals surface area contributed by atoms with Crippen molar-refractivity contribution in [3.05, 3.63) is 71.1 Å². The quantitative estimate of drug-likeness (QED) is 0.389. The number of ether oxygens (including phenoxy) is 1. The zero-order valence-corrected chi connectivity index (χ0v) is 19.9. The minimum atomic E-state index is -4.66. The first-order valence-electron chi connectivity index (χ1n) is 10.5. The molecule has 0 unspecified atom stereocenters. The number of alkyl halides is 3. The van der Waals surface area contributed by atoms with Crippen LogP contribution in [0, 0.1) is 0 Å². The molecule has 190 valence electrons. The summed E-state index contributed by atoms with van der Waals surface area (Å²) in [5, 5.41) is 7.09. The number of hydrogen-bond donors (Lipinski definition) is 3. The van der Waals surface area contributed by atoms with E-state index in [2.05, 4.69) is 25.9 Å². The number of urea groups is 1. The van der Waals surface area contributed by atoms with Gasteiger partial charge in [-0.05, 0) is 44.4 Å². The van der Waals surface area contributed by atoms with E-state index in [0.717, 1.165) is 12.1 Å². The second kappa shape index (κ2) is 11.7. The number of likely N-dealkylation sites (N-methyl/N-ethyl adjacent to an activating group) is 1. The van der Waals surface area contributed by atoms with E-state index in [-0.39, 0.29) is 28.9 Å². The number of benzene rings is 2. The van der Waals surface area contributed by atoms with E-state index in [1.54, 1.807) is 18.2 Å². The molecule has 36 heavy (non-hydrogen) atoms. The lowest BCUT2D eigenvalue weighted by molar-refractivity contribution is -0.137. The maximum absolute atomic E-state index is 13.0. The van der Waals surface area contributed by atoms with Crippen LogP contribution in [0.1, 0.15) is 16.1 Å². The molecule has 0 fully saturated rings. The number of halogens is 4. The van der Waals surface area contributed by atoms with Gasteiger partial charge in [0.2, 0.25) is 5.88 Å². The lowest BCUT2D eigenvalue weighted by Gasteiger charge is -2.13. The summed E-state index contributed by atoms with van der Waals surface area (Å²) >= 11 is 5.60. The average Bonchev–Trinajstić information content (AvgIpc) is 2.79. The molecule has 1 aromatic heterocycles. The maximum atomic E-state index is 13.0. The fourth-order valence-corrected chi connectivity index (χ4v) is 3.10. The Morgan fingerprint density at radius 2 is 1.75 bits per heavy atom. The van der Waals surface area contributed by atoms with E-state index in [9.17, 15) is 22.8 Å². The smallest absolute Gasteiger partial charge is 0.417 e. The van der Waals surface area contributed by atoms with Crippen molar-refractivity contribution < 1.29 is 27.5 Å². The predicted molar refractivity (Wildman–Crippen MR) is 129 cm³/mol. The summed E-state index contributed by atoms with van der Waals surface area (Å²) in [6, 6.07) is 9.85. The van der Waals surface area contributed by atoms with Crippen LogP contribution in [0.5, 0.6) is 11.6 Å². The molecular weight excluding hydrogens is 501 g/mol. The normalized spacial score (nSPS) is 11.2. The third-order valence-electron chi connectivity index (χ3n) is 4.56. The lowest BCUT2D eigenvalue weighted by atomic mass is 10.2. The van der Waals surface area contributed by atoms with Crippen LogP contribution in [0.2, 0.25) is 5.02 Å². The molecule has 3 amide bonds. The monoisotopic (exact) mass is 522 g/mol. The zero-order valence-electron chi connectivity index (χ0n) is 19.2. The molecule has 13 heteroatoms. The van der Waals surface area contributed by atoms with Crippen LogP contribution in [0.4, 0.5) is 29.3 Å². The third kappa shape index (κ3) is 7.82. The minimum Gasteiger partial charge on any atom is -0.439 e. The largest absolute Gasteiger partial charge is 0.439 e. The van der Waals surface area contributed by atoms with Gasteiger partial charge >= 0.3 is 12.2 Å². The third-order valence-corrected chi connectivity index (χ3v) is 4.89. The molecule has 3 aromatic rings. The number of carbonyl (C=O) groups excluding carboxylic acids is 2. The Labute approximate surface area is 209 Å². The summed E-state index contributed by atoms with van der Waals surface area (Å²) in [4.78, 5) is 34.4. The average molecular weight is 523 g/mol. The number of amides is 3. The van der Waals surface area contributed by atoms with Crippen molar-refractivity contribution in [3.8, 4) is 11.6 Å². The van der Waals surface area contributed by atoms with Gasteiger partial charge in [0, 0.05) is 36.6 Å². The van der Waals surface area contributed by atoms with Crippen molar-refractivity contribution in [3.63, 3.8) is 0 Å². The SMILES string of the molecule is CN(C)CCNC(=O)c1cc(Oc2cccc(NC(=O)Nc3ccc(Cl)c(C(F)(F)F)c3)c2)ncn1. The van der Waals surface area contributed by atoms with Gasteiger partial charge in [-0.2, -0.15) is 13.2 Å². The summed E-state index contributed by atoms with van der Waals surface area (Å²) in [5.41, 5.74) is -0.735. The molecule has 0 atom stereocenters. The topological polar surface area (TPSA) is 108 Å². The number of carbonyl (C=O) groups is 2. The number of nitrogens with one attached hydrogen (secondary N) is 3. The Bertz CT molecular complexity index is 1240. The summed E-state index contributed by atoms with van der Waals surface area (Å²) in [5.74, 6) is 0.00795. The van der Waals surface area contributed by atoms with Gasteiger partial charge in [-0.1, -0.05) is 17.7 Å². The van der Waals surface area contributed by atoms with Crippen LogP contribution in [0.3, 0.4) is 0 Å². The molecule has 0 aliphatic rings. The summed E-state index contributed by atoms with van der Waals surface area (Å²) in [6.07, 6.45) is -3.47. The predicted octanol–water partition coefficient (Wildman–Crippen LogP) is 4.88. The van der Waals surface area contributed by atoms with Gasteiger partial charge in [0.1, 0.15) is 17.8 Å². The molecule has 9 nitrogen and oxygen atoms in total. The van der Waals surface area contributed by atoms with Crippen molar-refractivity contribution >= 4 is 34.9 Å². The molecule has 0 aliphatic carbocycles. The molecule has 0 saturated carbocycles. The highest BCUT2D eigenvalue weighted by Gasteiger charge is 2.33. The highest BCUT2D eigenvalue weighted by atomic mass is 35.5. The number of hydrogen-bond acceptors (Lipinski definition) is 6. The Kier molecular flexibility index (Phi) is 8.67. The van der Waals surface area contributed by atoms with Crippen LogP contribution in [0.15, 0.2) is 54.9 Å². The van der Waals surface area contributed by atoms with Gasteiger partial charge in [0.05, 0.1) is 10.6 Å². The standard InChI is InChI=1S/C23H22ClF3N6O3/c1-33(2)9-8-28-21(34)19-12-20(30-13-29-19)36-16-5-3-4-14(10-16)31-22(35)32-15-6-7-18(24)17(11-15)23(25,26)27/h3-7,10-13H,8-9H2,1-2H3,(H,28,34)(H2,31,32,35). The van der Waals surface area contributed by atoms with Gasteiger partial charge < -0.3 is 25.6 Å². The minimum absolute atomic E-state index is 0.0889. The number of nitrogens with zero attached hydrogens (tertiary/aromatic N) is 3. The van der Waals surface area contributed by atoms with Crippen LogP contribution in [-0.4, -0.2) is 54.0 Å². The number of rotatable bonds is 8. The number of aromatic nitrogens is 2. The number of anilines is 2. The first-order chi connectivity index (χ1) is 17.0. The molecule has 1 heterocycles. The van der Waals surface area contributed by atoms with Gasteiger partial charge in [0.15, 0.2) is 0 Å². The molecular formula is C23H22ClF3N6O3. The lowest BCUT2D eigenvalue weighted by Crippen LogP contribution is -2.31.